The summed E-state index contributed by atoms with van der Waals surface area (Å²) < 4.78 is 0.924. The maximum atomic E-state index is 11.6. The number of carboxylic acid groups (broad SMARTS) is 1. The Labute approximate surface area is 133 Å². The molecule has 0 spiro atoms. The van der Waals surface area contributed by atoms with E-state index < -0.39 is 11.4 Å². The molecular weight excluding hydrogens is 334 g/mol. The number of carbonyl (C=O) groups is 1. The Morgan fingerprint density at radius 1 is 1.48 bits per heavy atom. The first-order chi connectivity index (χ1) is 9.93. The third-order valence-electron chi connectivity index (χ3n) is 4.69. The SMILES string of the molecule is CCC(c1cc(Br)ccc1O)N1CCC(CC)(C(=O)O)C1. The van der Waals surface area contributed by atoms with Crippen LogP contribution in [0.5, 0.6) is 5.75 Å². The topological polar surface area (TPSA) is 60.8 Å². The van der Waals surface area contributed by atoms with E-state index in [4.69, 9.17) is 0 Å². The summed E-state index contributed by atoms with van der Waals surface area (Å²) in [5, 5.41) is 19.7. The molecule has 5 heteroatoms. The molecule has 0 saturated carbocycles. The second-order valence-corrected chi connectivity index (χ2v) is 6.70. The van der Waals surface area contributed by atoms with Crippen molar-refractivity contribution in [2.24, 2.45) is 5.41 Å². The molecule has 1 saturated heterocycles. The zero-order valence-corrected chi connectivity index (χ0v) is 14.1. The number of rotatable bonds is 5. The Bertz CT molecular complexity index is 534. The van der Waals surface area contributed by atoms with Crippen molar-refractivity contribution >= 4 is 21.9 Å². The van der Waals surface area contributed by atoms with Gasteiger partial charge in [-0.05, 0) is 44.0 Å². The first kappa shape index (κ1) is 16.3. The lowest BCUT2D eigenvalue weighted by molar-refractivity contribution is -0.148. The van der Waals surface area contributed by atoms with Gasteiger partial charge in [-0.1, -0.05) is 29.8 Å². The summed E-state index contributed by atoms with van der Waals surface area (Å²) in [6.45, 7) is 5.31. The second kappa shape index (κ2) is 6.36. The lowest BCUT2D eigenvalue weighted by atomic mass is 9.84. The predicted molar refractivity (Wildman–Crippen MR) is 85.4 cm³/mol. The van der Waals surface area contributed by atoms with E-state index >= 15 is 0 Å². The molecule has 2 rings (SSSR count). The van der Waals surface area contributed by atoms with Crippen LogP contribution in [0.1, 0.15) is 44.7 Å². The Morgan fingerprint density at radius 2 is 2.19 bits per heavy atom. The molecule has 0 radical (unpaired) electrons. The molecule has 1 heterocycles. The van der Waals surface area contributed by atoms with E-state index in [2.05, 4.69) is 27.8 Å². The zero-order chi connectivity index (χ0) is 15.6. The summed E-state index contributed by atoms with van der Waals surface area (Å²) in [5.74, 6) is -0.435. The summed E-state index contributed by atoms with van der Waals surface area (Å²) in [7, 11) is 0. The highest BCUT2D eigenvalue weighted by Gasteiger charge is 2.45. The molecule has 1 aromatic carbocycles. The van der Waals surface area contributed by atoms with Crippen LogP contribution in [-0.2, 0) is 4.79 Å². The van der Waals surface area contributed by atoms with E-state index in [1.807, 2.05) is 19.1 Å². The van der Waals surface area contributed by atoms with Gasteiger partial charge in [0.2, 0.25) is 0 Å². The fraction of sp³-hybridized carbons (Fsp3) is 0.562. The molecule has 116 valence electrons. The predicted octanol–water partition coefficient (Wildman–Crippen LogP) is 3.79. The quantitative estimate of drug-likeness (QED) is 0.843. The zero-order valence-electron chi connectivity index (χ0n) is 12.5. The highest BCUT2D eigenvalue weighted by Crippen LogP contribution is 2.41. The van der Waals surface area contributed by atoms with Crippen LogP contribution in [0.25, 0.3) is 0 Å². The molecule has 0 amide bonds. The normalized spacial score (nSPS) is 24.1. The molecule has 1 aliphatic heterocycles. The van der Waals surface area contributed by atoms with Crippen molar-refractivity contribution in [3.63, 3.8) is 0 Å². The summed E-state index contributed by atoms with van der Waals surface area (Å²) in [6.07, 6.45) is 2.15. The third kappa shape index (κ3) is 3.09. The second-order valence-electron chi connectivity index (χ2n) is 5.79. The minimum absolute atomic E-state index is 0.0512. The van der Waals surface area contributed by atoms with Crippen LogP contribution in [0, 0.1) is 5.41 Å². The lowest BCUT2D eigenvalue weighted by Gasteiger charge is -2.30. The number of aromatic hydroxyl groups is 1. The minimum atomic E-state index is -0.708. The number of phenols is 1. The van der Waals surface area contributed by atoms with Gasteiger partial charge < -0.3 is 10.2 Å². The molecule has 4 nitrogen and oxygen atoms in total. The van der Waals surface area contributed by atoms with E-state index in [9.17, 15) is 15.0 Å². The van der Waals surface area contributed by atoms with Crippen molar-refractivity contribution in [3.8, 4) is 5.75 Å². The number of carboxylic acids is 1. The smallest absolute Gasteiger partial charge is 0.310 e. The molecule has 2 unspecified atom stereocenters. The van der Waals surface area contributed by atoms with Crippen molar-refractivity contribution in [3.05, 3.63) is 28.2 Å². The van der Waals surface area contributed by atoms with Gasteiger partial charge in [0, 0.05) is 22.6 Å². The van der Waals surface area contributed by atoms with E-state index in [0.29, 0.717) is 19.4 Å². The third-order valence-corrected chi connectivity index (χ3v) is 5.18. The fourth-order valence-electron chi connectivity index (χ4n) is 3.25. The minimum Gasteiger partial charge on any atom is -0.508 e. The summed E-state index contributed by atoms with van der Waals surface area (Å²) in [6, 6.07) is 5.47. The van der Waals surface area contributed by atoms with Crippen LogP contribution < -0.4 is 0 Å². The molecule has 1 fully saturated rings. The van der Waals surface area contributed by atoms with Crippen molar-refractivity contribution in [2.75, 3.05) is 13.1 Å². The molecule has 0 bridgehead atoms. The Morgan fingerprint density at radius 3 is 2.71 bits per heavy atom. The van der Waals surface area contributed by atoms with Crippen molar-refractivity contribution in [1.29, 1.82) is 0 Å². The average Bonchev–Trinajstić information content (AvgIpc) is 2.89. The van der Waals surface area contributed by atoms with Crippen LogP contribution >= 0.6 is 15.9 Å². The van der Waals surface area contributed by atoms with Gasteiger partial charge in [0.1, 0.15) is 5.75 Å². The molecular formula is C16H22BrNO3. The molecule has 2 atom stereocenters. The maximum absolute atomic E-state index is 11.6. The summed E-state index contributed by atoms with van der Waals surface area (Å²) in [4.78, 5) is 13.8. The van der Waals surface area contributed by atoms with Crippen molar-refractivity contribution < 1.29 is 15.0 Å². The average molecular weight is 356 g/mol. The Kier molecular flexibility index (Phi) is 4.94. The van der Waals surface area contributed by atoms with E-state index in [0.717, 1.165) is 23.0 Å². The lowest BCUT2D eigenvalue weighted by Crippen LogP contribution is -2.35. The first-order valence-corrected chi connectivity index (χ1v) is 8.18. The number of hydrogen-bond donors (Lipinski definition) is 2. The van der Waals surface area contributed by atoms with Gasteiger partial charge in [-0.3, -0.25) is 9.69 Å². The molecule has 0 aromatic heterocycles. The number of benzene rings is 1. The summed E-state index contributed by atoms with van der Waals surface area (Å²) in [5.41, 5.74) is 0.221. The number of likely N-dealkylation sites (tertiary alicyclic amines) is 1. The van der Waals surface area contributed by atoms with Gasteiger partial charge in [0.15, 0.2) is 0 Å². The highest BCUT2D eigenvalue weighted by atomic mass is 79.9. The van der Waals surface area contributed by atoms with E-state index in [-0.39, 0.29) is 11.8 Å². The molecule has 1 aliphatic rings. The number of nitrogens with zero attached hydrogens (tertiary/aromatic N) is 1. The van der Waals surface area contributed by atoms with Crippen LogP contribution in [0.4, 0.5) is 0 Å². The van der Waals surface area contributed by atoms with Gasteiger partial charge in [-0.25, -0.2) is 0 Å². The maximum Gasteiger partial charge on any atom is 0.310 e. The number of halogens is 1. The molecule has 2 N–H and O–H groups in total. The van der Waals surface area contributed by atoms with Gasteiger partial charge in [-0.15, -0.1) is 0 Å². The van der Waals surface area contributed by atoms with Crippen LogP contribution in [0.3, 0.4) is 0 Å². The number of hydrogen-bond acceptors (Lipinski definition) is 3. The number of phenolic OH excluding ortho intramolecular Hbond substituents is 1. The molecule has 0 aliphatic carbocycles. The fourth-order valence-corrected chi connectivity index (χ4v) is 3.63. The van der Waals surface area contributed by atoms with Gasteiger partial charge in [0.25, 0.3) is 0 Å². The van der Waals surface area contributed by atoms with Crippen molar-refractivity contribution in [2.45, 2.75) is 39.2 Å². The number of aliphatic carboxylic acids is 1. The van der Waals surface area contributed by atoms with E-state index in [1.165, 1.54) is 0 Å². The summed E-state index contributed by atoms with van der Waals surface area (Å²) >= 11 is 3.44. The highest BCUT2D eigenvalue weighted by molar-refractivity contribution is 9.10. The van der Waals surface area contributed by atoms with Crippen LogP contribution in [-0.4, -0.2) is 34.2 Å². The largest absolute Gasteiger partial charge is 0.508 e. The van der Waals surface area contributed by atoms with E-state index in [1.54, 1.807) is 6.07 Å². The van der Waals surface area contributed by atoms with Crippen LogP contribution in [0.15, 0.2) is 22.7 Å². The standard InChI is InChI=1S/C16H22BrNO3/c1-3-13(12-9-11(17)5-6-14(12)19)18-8-7-16(4-2,10-18)15(20)21/h5-6,9,13,19H,3-4,7-8,10H2,1-2H3,(H,20,21). The molecule has 21 heavy (non-hydrogen) atoms. The first-order valence-electron chi connectivity index (χ1n) is 7.39. The monoisotopic (exact) mass is 355 g/mol. The molecule has 1 aromatic rings. The van der Waals surface area contributed by atoms with Gasteiger partial charge in [-0.2, -0.15) is 0 Å². The Hall–Kier alpha value is -1.07. The van der Waals surface area contributed by atoms with Gasteiger partial charge >= 0.3 is 5.97 Å². The van der Waals surface area contributed by atoms with Crippen LogP contribution in [0.2, 0.25) is 0 Å². The Balaban J connectivity index is 2.27. The van der Waals surface area contributed by atoms with Gasteiger partial charge in [0.05, 0.1) is 5.41 Å². The van der Waals surface area contributed by atoms with Crippen molar-refractivity contribution in [1.82, 2.24) is 4.90 Å².